The average molecular weight is 408 g/mol. The second-order valence-electron chi connectivity index (χ2n) is 7.04. The summed E-state index contributed by atoms with van der Waals surface area (Å²) in [5, 5.41) is 2.26. The summed E-state index contributed by atoms with van der Waals surface area (Å²) in [4.78, 5) is 27.8. The van der Waals surface area contributed by atoms with Crippen molar-refractivity contribution in [2.24, 2.45) is 0 Å². The van der Waals surface area contributed by atoms with E-state index in [4.69, 9.17) is 13.9 Å². The number of amides is 2. The first-order valence-electron chi connectivity index (χ1n) is 10.1. The first-order chi connectivity index (χ1) is 14.6. The Morgan fingerprint density at radius 1 is 0.933 bits per heavy atom. The third-order valence-electron chi connectivity index (χ3n) is 5.07. The zero-order valence-electron chi connectivity index (χ0n) is 16.9. The normalized spacial score (nSPS) is 14.0. The number of nitrogens with zero attached hydrogens (tertiary/aromatic N) is 2. The lowest BCUT2D eigenvalue weighted by Gasteiger charge is -2.33. The molecule has 3 aromatic rings. The van der Waals surface area contributed by atoms with Crippen molar-refractivity contribution in [1.29, 1.82) is 0 Å². The molecule has 7 nitrogen and oxygen atoms in total. The number of rotatable bonds is 5. The van der Waals surface area contributed by atoms with Gasteiger partial charge in [-0.15, -0.1) is 0 Å². The summed E-state index contributed by atoms with van der Waals surface area (Å²) in [7, 11) is 0. The minimum absolute atomic E-state index is 0.185. The van der Waals surface area contributed by atoms with E-state index in [0.29, 0.717) is 38.5 Å². The van der Waals surface area contributed by atoms with Crippen LogP contribution >= 0.6 is 0 Å². The molecule has 30 heavy (non-hydrogen) atoms. The van der Waals surface area contributed by atoms with Crippen LogP contribution in [0.25, 0.3) is 10.8 Å². The number of benzene rings is 2. The average Bonchev–Trinajstić information content (AvgIpc) is 3.26. The maximum atomic E-state index is 12.7. The summed E-state index contributed by atoms with van der Waals surface area (Å²) < 4.78 is 16.5. The van der Waals surface area contributed by atoms with Crippen molar-refractivity contribution < 1.29 is 23.5 Å². The molecule has 0 aliphatic carbocycles. The fourth-order valence-electron chi connectivity index (χ4n) is 3.44. The zero-order valence-corrected chi connectivity index (χ0v) is 16.9. The van der Waals surface area contributed by atoms with Gasteiger partial charge in [0.1, 0.15) is 18.1 Å². The molecule has 1 fully saturated rings. The van der Waals surface area contributed by atoms with Crippen molar-refractivity contribution in [3.8, 4) is 5.75 Å². The lowest BCUT2D eigenvalue weighted by atomic mass is 10.1. The van der Waals surface area contributed by atoms with Crippen LogP contribution in [0.3, 0.4) is 0 Å². The van der Waals surface area contributed by atoms with Gasteiger partial charge in [-0.2, -0.15) is 0 Å². The van der Waals surface area contributed by atoms with E-state index < -0.39 is 0 Å². The molecule has 0 unspecified atom stereocenters. The summed E-state index contributed by atoms with van der Waals surface area (Å²) in [6, 6.07) is 17.4. The molecule has 0 radical (unpaired) electrons. The number of ether oxygens (including phenoxy) is 2. The number of fused-ring (bicyclic) bond motifs is 1. The van der Waals surface area contributed by atoms with Crippen LogP contribution in [-0.4, -0.2) is 54.6 Å². The first kappa shape index (κ1) is 19.8. The number of piperazine rings is 1. The van der Waals surface area contributed by atoms with Crippen LogP contribution < -0.4 is 4.74 Å². The molecule has 0 N–H and O–H groups in total. The molecular weight excluding hydrogens is 384 g/mol. The Bertz CT molecular complexity index is 1040. The van der Waals surface area contributed by atoms with E-state index in [1.807, 2.05) is 36.4 Å². The van der Waals surface area contributed by atoms with Crippen LogP contribution in [0.4, 0.5) is 4.79 Å². The molecule has 1 aliphatic heterocycles. The Morgan fingerprint density at radius 2 is 1.67 bits per heavy atom. The Hall–Kier alpha value is -3.48. The van der Waals surface area contributed by atoms with Gasteiger partial charge in [-0.05, 0) is 42.0 Å². The van der Waals surface area contributed by atoms with Crippen molar-refractivity contribution in [2.75, 3.05) is 32.8 Å². The predicted octanol–water partition coefficient (Wildman–Crippen LogP) is 3.93. The summed E-state index contributed by atoms with van der Waals surface area (Å²) in [5.41, 5.74) is 0. The summed E-state index contributed by atoms with van der Waals surface area (Å²) in [5.74, 6) is 1.41. The van der Waals surface area contributed by atoms with Crippen LogP contribution in [0.1, 0.15) is 23.2 Å². The van der Waals surface area contributed by atoms with Gasteiger partial charge in [-0.3, -0.25) is 4.79 Å². The van der Waals surface area contributed by atoms with E-state index in [1.165, 1.54) is 0 Å². The molecule has 2 heterocycles. The predicted molar refractivity (Wildman–Crippen MR) is 111 cm³/mol. The van der Waals surface area contributed by atoms with Gasteiger partial charge < -0.3 is 23.7 Å². The molecule has 0 atom stereocenters. The molecule has 0 saturated carbocycles. The molecule has 1 saturated heterocycles. The van der Waals surface area contributed by atoms with Crippen LogP contribution in [0.15, 0.2) is 59.0 Å². The Balaban J connectivity index is 1.32. The van der Waals surface area contributed by atoms with Gasteiger partial charge in [0.2, 0.25) is 0 Å². The SMILES string of the molecule is CCOC(=O)N1CCN(C(=O)c2ccc(COc3ccc4ccccc4c3)o2)CC1. The monoisotopic (exact) mass is 408 g/mol. The zero-order chi connectivity index (χ0) is 20.9. The Kier molecular flexibility index (Phi) is 5.88. The number of furan rings is 1. The van der Waals surface area contributed by atoms with Gasteiger partial charge >= 0.3 is 6.09 Å². The number of hydrogen-bond donors (Lipinski definition) is 0. The third-order valence-corrected chi connectivity index (χ3v) is 5.07. The van der Waals surface area contributed by atoms with E-state index in [2.05, 4.69) is 6.07 Å². The minimum atomic E-state index is -0.337. The molecule has 2 amide bonds. The Labute approximate surface area is 174 Å². The van der Waals surface area contributed by atoms with E-state index in [0.717, 1.165) is 16.5 Å². The lowest BCUT2D eigenvalue weighted by Crippen LogP contribution is -2.50. The molecule has 0 spiro atoms. The van der Waals surface area contributed by atoms with E-state index in [9.17, 15) is 9.59 Å². The fourth-order valence-corrected chi connectivity index (χ4v) is 3.44. The lowest BCUT2D eigenvalue weighted by molar-refractivity contribution is 0.0543. The molecule has 0 bridgehead atoms. The quantitative estimate of drug-likeness (QED) is 0.640. The summed E-state index contributed by atoms with van der Waals surface area (Å²) >= 11 is 0. The van der Waals surface area contributed by atoms with Gasteiger partial charge in [0.15, 0.2) is 5.76 Å². The van der Waals surface area contributed by atoms with Gasteiger partial charge in [0.25, 0.3) is 5.91 Å². The highest BCUT2D eigenvalue weighted by Crippen LogP contribution is 2.22. The maximum absolute atomic E-state index is 12.7. The van der Waals surface area contributed by atoms with E-state index in [-0.39, 0.29) is 24.4 Å². The van der Waals surface area contributed by atoms with E-state index >= 15 is 0 Å². The standard InChI is InChI=1S/C23H24N2O5/c1-2-28-23(27)25-13-11-24(12-14-25)22(26)21-10-9-20(30-21)16-29-19-8-7-17-5-3-4-6-18(17)15-19/h3-10,15H,2,11-14,16H2,1H3. The van der Waals surface area contributed by atoms with Crippen molar-refractivity contribution in [3.05, 3.63) is 66.1 Å². The van der Waals surface area contributed by atoms with E-state index in [1.54, 1.807) is 28.9 Å². The molecular formula is C23H24N2O5. The number of carbonyl (C=O) groups is 2. The van der Waals surface area contributed by atoms with Crippen molar-refractivity contribution in [2.45, 2.75) is 13.5 Å². The second kappa shape index (κ2) is 8.90. The third kappa shape index (κ3) is 4.40. The molecule has 156 valence electrons. The topological polar surface area (TPSA) is 72.2 Å². The van der Waals surface area contributed by atoms with Crippen LogP contribution in [0.2, 0.25) is 0 Å². The van der Waals surface area contributed by atoms with Gasteiger partial charge in [-0.1, -0.05) is 30.3 Å². The second-order valence-corrected chi connectivity index (χ2v) is 7.04. The maximum Gasteiger partial charge on any atom is 0.409 e. The Morgan fingerprint density at radius 3 is 2.43 bits per heavy atom. The van der Waals surface area contributed by atoms with Crippen LogP contribution in [0.5, 0.6) is 5.75 Å². The minimum Gasteiger partial charge on any atom is -0.486 e. The van der Waals surface area contributed by atoms with Crippen molar-refractivity contribution in [3.63, 3.8) is 0 Å². The number of carbonyl (C=O) groups excluding carboxylic acids is 2. The highest BCUT2D eigenvalue weighted by Gasteiger charge is 2.27. The molecule has 4 rings (SSSR count). The molecule has 2 aromatic carbocycles. The highest BCUT2D eigenvalue weighted by molar-refractivity contribution is 5.91. The largest absolute Gasteiger partial charge is 0.486 e. The van der Waals surface area contributed by atoms with Gasteiger partial charge in [0, 0.05) is 26.2 Å². The van der Waals surface area contributed by atoms with Crippen LogP contribution in [0, 0.1) is 0 Å². The highest BCUT2D eigenvalue weighted by atomic mass is 16.6. The van der Waals surface area contributed by atoms with Crippen molar-refractivity contribution in [1.82, 2.24) is 9.80 Å². The molecule has 1 aliphatic rings. The van der Waals surface area contributed by atoms with Crippen molar-refractivity contribution >= 4 is 22.8 Å². The summed E-state index contributed by atoms with van der Waals surface area (Å²) in [6.07, 6.45) is -0.337. The van der Waals surface area contributed by atoms with Gasteiger partial charge in [0.05, 0.1) is 6.61 Å². The molecule has 1 aromatic heterocycles. The van der Waals surface area contributed by atoms with Crippen LogP contribution in [-0.2, 0) is 11.3 Å². The first-order valence-corrected chi connectivity index (χ1v) is 10.1. The molecule has 7 heteroatoms. The van der Waals surface area contributed by atoms with Gasteiger partial charge in [-0.25, -0.2) is 4.79 Å². The smallest absolute Gasteiger partial charge is 0.409 e. The number of hydrogen-bond acceptors (Lipinski definition) is 5. The summed E-state index contributed by atoms with van der Waals surface area (Å²) in [6.45, 7) is 4.14. The fraction of sp³-hybridized carbons (Fsp3) is 0.304.